The SMILES string of the molecule is CC(C)CCCC(C)[C@H]1CC[C@H]2C3=CC=C4C[C@@H](O)CC[C@]4(C)[C@H]3CC[C@]12C. The highest BCUT2D eigenvalue weighted by molar-refractivity contribution is 5.38. The first-order valence-electron chi connectivity index (χ1n) is 12.3. The van der Waals surface area contributed by atoms with Crippen molar-refractivity contribution < 1.29 is 5.11 Å². The van der Waals surface area contributed by atoms with E-state index in [0.29, 0.717) is 10.8 Å². The fraction of sp³-hybridized carbons (Fsp3) is 0.852. The van der Waals surface area contributed by atoms with Crippen LogP contribution in [0.2, 0.25) is 0 Å². The van der Waals surface area contributed by atoms with E-state index in [0.717, 1.165) is 42.4 Å². The van der Waals surface area contributed by atoms with Gasteiger partial charge in [-0.05, 0) is 85.4 Å². The Balaban J connectivity index is 1.53. The van der Waals surface area contributed by atoms with Gasteiger partial charge >= 0.3 is 0 Å². The third-order valence-electron chi connectivity index (χ3n) is 9.75. The molecule has 0 aromatic rings. The number of allylic oxidation sites excluding steroid dienone is 3. The smallest absolute Gasteiger partial charge is 0.0578 e. The minimum absolute atomic E-state index is 0.106. The number of fused-ring (bicyclic) bond motifs is 5. The first-order chi connectivity index (χ1) is 13.3. The van der Waals surface area contributed by atoms with Gasteiger partial charge in [0.05, 0.1) is 6.10 Å². The van der Waals surface area contributed by atoms with E-state index < -0.39 is 0 Å². The zero-order valence-electron chi connectivity index (χ0n) is 19.1. The van der Waals surface area contributed by atoms with Crippen LogP contribution in [0.4, 0.5) is 0 Å². The van der Waals surface area contributed by atoms with Gasteiger partial charge in [-0.1, -0.05) is 77.2 Å². The Morgan fingerprint density at radius 3 is 2.50 bits per heavy atom. The Morgan fingerprint density at radius 2 is 1.75 bits per heavy atom. The maximum atomic E-state index is 10.2. The molecular weight excluding hydrogens is 340 g/mol. The minimum Gasteiger partial charge on any atom is -0.393 e. The number of aliphatic hydroxyl groups is 1. The normalized spacial score (nSPS) is 43.7. The Labute approximate surface area is 174 Å². The van der Waals surface area contributed by atoms with E-state index in [1.165, 1.54) is 51.4 Å². The van der Waals surface area contributed by atoms with Gasteiger partial charge in [0, 0.05) is 0 Å². The largest absolute Gasteiger partial charge is 0.393 e. The highest BCUT2D eigenvalue weighted by Gasteiger charge is 2.56. The van der Waals surface area contributed by atoms with Crippen LogP contribution in [0.1, 0.15) is 98.8 Å². The lowest BCUT2D eigenvalue weighted by Crippen LogP contribution is -2.46. The second-order valence-corrected chi connectivity index (χ2v) is 11.8. The summed E-state index contributed by atoms with van der Waals surface area (Å²) < 4.78 is 0. The zero-order chi connectivity index (χ0) is 20.1. The minimum atomic E-state index is -0.106. The van der Waals surface area contributed by atoms with Crippen LogP contribution in [0.15, 0.2) is 23.3 Å². The van der Waals surface area contributed by atoms with Crippen LogP contribution in [-0.2, 0) is 0 Å². The lowest BCUT2D eigenvalue weighted by Gasteiger charge is -2.55. The van der Waals surface area contributed by atoms with E-state index in [4.69, 9.17) is 0 Å². The van der Waals surface area contributed by atoms with Gasteiger partial charge in [-0.15, -0.1) is 0 Å². The van der Waals surface area contributed by atoms with Crippen LogP contribution in [0, 0.1) is 40.4 Å². The molecule has 1 nitrogen and oxygen atoms in total. The molecule has 0 amide bonds. The second-order valence-electron chi connectivity index (χ2n) is 11.8. The van der Waals surface area contributed by atoms with Crippen molar-refractivity contribution >= 4 is 0 Å². The molecule has 4 aliphatic carbocycles. The molecule has 0 bridgehead atoms. The van der Waals surface area contributed by atoms with Crippen LogP contribution in [0.5, 0.6) is 0 Å². The Morgan fingerprint density at radius 1 is 0.964 bits per heavy atom. The summed E-state index contributed by atoms with van der Waals surface area (Å²) in [5, 5.41) is 10.2. The van der Waals surface area contributed by atoms with Gasteiger partial charge in [-0.3, -0.25) is 0 Å². The number of hydrogen-bond acceptors (Lipinski definition) is 1. The monoisotopic (exact) mass is 384 g/mol. The van der Waals surface area contributed by atoms with E-state index in [2.05, 4.69) is 46.8 Å². The molecule has 1 unspecified atom stereocenters. The summed E-state index contributed by atoms with van der Waals surface area (Å²) in [4.78, 5) is 0. The van der Waals surface area contributed by atoms with Gasteiger partial charge in [-0.25, -0.2) is 0 Å². The molecule has 3 fully saturated rings. The van der Waals surface area contributed by atoms with Crippen molar-refractivity contribution in [2.45, 2.75) is 105 Å². The highest BCUT2D eigenvalue weighted by Crippen LogP contribution is 2.66. The van der Waals surface area contributed by atoms with Gasteiger partial charge in [0.25, 0.3) is 0 Å². The van der Waals surface area contributed by atoms with Crippen molar-refractivity contribution in [3.63, 3.8) is 0 Å². The van der Waals surface area contributed by atoms with Crippen molar-refractivity contribution in [2.24, 2.45) is 40.4 Å². The Bertz CT molecular complexity index is 643. The van der Waals surface area contributed by atoms with Crippen molar-refractivity contribution in [3.8, 4) is 0 Å². The fourth-order valence-electron chi connectivity index (χ4n) is 8.01. The molecule has 4 rings (SSSR count). The molecule has 0 saturated heterocycles. The van der Waals surface area contributed by atoms with Gasteiger partial charge in [-0.2, -0.15) is 0 Å². The molecule has 0 aromatic heterocycles. The molecule has 4 aliphatic rings. The lowest BCUT2D eigenvalue weighted by atomic mass is 9.50. The maximum absolute atomic E-state index is 10.2. The highest BCUT2D eigenvalue weighted by atomic mass is 16.3. The van der Waals surface area contributed by atoms with Gasteiger partial charge in [0.2, 0.25) is 0 Å². The summed E-state index contributed by atoms with van der Waals surface area (Å²) in [6, 6.07) is 0. The lowest BCUT2D eigenvalue weighted by molar-refractivity contribution is 0.0323. The molecule has 1 N–H and O–H groups in total. The average molecular weight is 385 g/mol. The molecule has 7 atom stereocenters. The van der Waals surface area contributed by atoms with E-state index in [1.807, 2.05) is 0 Å². The number of aliphatic hydroxyl groups excluding tert-OH is 1. The average Bonchev–Trinajstić information content (AvgIpc) is 2.99. The Hall–Kier alpha value is -0.560. The van der Waals surface area contributed by atoms with Crippen molar-refractivity contribution in [2.75, 3.05) is 0 Å². The summed E-state index contributed by atoms with van der Waals surface area (Å²) in [5.74, 6) is 4.19. The Kier molecular flexibility index (Phi) is 5.62. The molecule has 0 aromatic carbocycles. The number of rotatable bonds is 5. The van der Waals surface area contributed by atoms with E-state index in [9.17, 15) is 5.11 Å². The summed E-state index contributed by atoms with van der Waals surface area (Å²) >= 11 is 0. The molecule has 0 radical (unpaired) electrons. The molecule has 0 heterocycles. The first-order valence-corrected chi connectivity index (χ1v) is 12.3. The van der Waals surface area contributed by atoms with Gasteiger partial charge in [0.1, 0.15) is 0 Å². The molecular formula is C27H44O. The second kappa shape index (κ2) is 7.60. The van der Waals surface area contributed by atoms with E-state index in [-0.39, 0.29) is 6.10 Å². The molecule has 0 aliphatic heterocycles. The summed E-state index contributed by atoms with van der Waals surface area (Å²) in [6.07, 6.45) is 17.8. The van der Waals surface area contributed by atoms with Crippen molar-refractivity contribution in [3.05, 3.63) is 23.3 Å². The summed E-state index contributed by atoms with van der Waals surface area (Å²) in [6.45, 7) is 12.5. The molecule has 3 saturated carbocycles. The van der Waals surface area contributed by atoms with Crippen LogP contribution in [-0.4, -0.2) is 11.2 Å². The van der Waals surface area contributed by atoms with Gasteiger partial charge in [0.15, 0.2) is 0 Å². The van der Waals surface area contributed by atoms with Crippen LogP contribution >= 0.6 is 0 Å². The van der Waals surface area contributed by atoms with Crippen LogP contribution in [0.3, 0.4) is 0 Å². The number of hydrogen-bond donors (Lipinski definition) is 1. The molecule has 1 heteroatoms. The first kappa shape index (κ1) is 20.7. The topological polar surface area (TPSA) is 20.2 Å². The van der Waals surface area contributed by atoms with Crippen LogP contribution in [0.25, 0.3) is 0 Å². The zero-order valence-corrected chi connectivity index (χ0v) is 19.1. The predicted octanol–water partition coefficient (Wildman–Crippen LogP) is 7.31. The predicted molar refractivity (Wildman–Crippen MR) is 119 cm³/mol. The maximum Gasteiger partial charge on any atom is 0.0578 e. The fourth-order valence-corrected chi connectivity index (χ4v) is 8.01. The van der Waals surface area contributed by atoms with Crippen LogP contribution < -0.4 is 0 Å². The van der Waals surface area contributed by atoms with Crippen molar-refractivity contribution in [1.82, 2.24) is 0 Å². The van der Waals surface area contributed by atoms with Crippen molar-refractivity contribution in [1.29, 1.82) is 0 Å². The van der Waals surface area contributed by atoms with Gasteiger partial charge < -0.3 is 5.11 Å². The standard InChI is InChI=1S/C27H44O/c1-18(2)7-6-8-19(3)23-11-12-24-22-10-9-20-17-21(28)13-15-26(20,4)25(22)14-16-27(23,24)5/h9-10,18-19,21,23-25,28H,6-8,11-17H2,1-5H3/t19?,21-,23+,24-,25-,26-,27+/m0/s1. The van der Waals surface area contributed by atoms with E-state index in [1.54, 1.807) is 11.1 Å². The summed E-state index contributed by atoms with van der Waals surface area (Å²) in [5.41, 5.74) is 4.19. The molecule has 0 spiro atoms. The quantitative estimate of drug-likeness (QED) is 0.527. The third kappa shape index (κ3) is 3.34. The summed E-state index contributed by atoms with van der Waals surface area (Å²) in [7, 11) is 0. The molecule has 158 valence electrons. The molecule has 28 heavy (non-hydrogen) atoms. The van der Waals surface area contributed by atoms with E-state index >= 15 is 0 Å². The third-order valence-corrected chi connectivity index (χ3v) is 9.75.